The number of hydrogen-bond acceptors (Lipinski definition) is 8. The summed E-state index contributed by atoms with van der Waals surface area (Å²) in [5.41, 5.74) is -4.45. The number of rotatable bonds is 18. The summed E-state index contributed by atoms with van der Waals surface area (Å²) in [5.74, 6) is -2.16. The number of carbonyl (C=O) groups is 1. The van der Waals surface area contributed by atoms with Gasteiger partial charge in [0.2, 0.25) is 0 Å². The first-order chi connectivity index (χ1) is 22.1. The van der Waals surface area contributed by atoms with Crippen LogP contribution in [0.5, 0.6) is 0 Å². The van der Waals surface area contributed by atoms with Crippen molar-refractivity contribution in [1.29, 1.82) is 0 Å². The van der Waals surface area contributed by atoms with E-state index in [4.69, 9.17) is 18.0 Å². The van der Waals surface area contributed by atoms with E-state index in [-0.39, 0.29) is 25.9 Å². The maximum atomic E-state index is 13.3. The summed E-state index contributed by atoms with van der Waals surface area (Å²) in [6, 6.07) is 5.19. The lowest BCUT2D eigenvalue weighted by Gasteiger charge is -2.59. The minimum atomic E-state index is -2.43. The Balaban J connectivity index is 2.92. The van der Waals surface area contributed by atoms with E-state index in [0.29, 0.717) is 16.6 Å². The zero-order valence-electron chi connectivity index (χ0n) is 33.0. The Hall–Kier alpha value is -0.159. The van der Waals surface area contributed by atoms with Crippen LogP contribution in [0.3, 0.4) is 0 Å². The van der Waals surface area contributed by atoms with E-state index in [1.165, 1.54) is 0 Å². The van der Waals surface area contributed by atoms with Crippen molar-refractivity contribution in [2.45, 2.75) is 210 Å². The molecule has 2 fully saturated rings. The highest BCUT2D eigenvalue weighted by Crippen LogP contribution is 2.50. The summed E-state index contributed by atoms with van der Waals surface area (Å²) in [6.07, 6.45) is -4.46. The molecule has 0 aliphatic carbocycles. The van der Waals surface area contributed by atoms with Gasteiger partial charge < -0.3 is 38.4 Å². The Bertz CT molecular complexity index is 998. The molecule has 2 aliphatic rings. The normalized spacial score (nSPS) is 32.8. The van der Waals surface area contributed by atoms with Gasteiger partial charge in [-0.05, 0) is 72.7 Å². The molecule has 284 valence electrons. The molecule has 0 aromatic rings. The first-order valence-corrected chi connectivity index (χ1v) is 26.4. The Labute approximate surface area is 296 Å². The van der Waals surface area contributed by atoms with Crippen molar-refractivity contribution in [3.8, 4) is 0 Å². The van der Waals surface area contributed by atoms with E-state index in [1.54, 1.807) is 0 Å². The van der Waals surface area contributed by atoms with Crippen LogP contribution in [0.2, 0.25) is 52.9 Å². The van der Waals surface area contributed by atoms with Crippen molar-refractivity contribution in [2.75, 3.05) is 6.61 Å². The van der Waals surface area contributed by atoms with Crippen LogP contribution in [0.15, 0.2) is 0 Å². The van der Waals surface area contributed by atoms with Crippen LogP contribution in [0, 0.1) is 5.92 Å². The average Bonchev–Trinajstić information content (AvgIpc) is 3.04. The van der Waals surface area contributed by atoms with Crippen molar-refractivity contribution >= 4 is 30.9 Å². The van der Waals surface area contributed by atoms with Gasteiger partial charge in [-0.3, -0.25) is 0 Å². The van der Waals surface area contributed by atoms with E-state index in [2.05, 4.69) is 83.1 Å². The minimum absolute atomic E-state index is 0.124. The Morgan fingerprint density at radius 3 is 1.69 bits per heavy atom. The second kappa shape index (κ2) is 16.7. The third-order valence-corrected chi connectivity index (χ3v) is 28.8. The highest BCUT2D eigenvalue weighted by Gasteiger charge is 2.66. The van der Waals surface area contributed by atoms with Crippen molar-refractivity contribution in [2.24, 2.45) is 5.92 Å². The smallest absolute Gasteiger partial charge is 0.338 e. The predicted octanol–water partition coefficient (Wildman–Crippen LogP) is 7.84. The molecule has 0 amide bonds. The molecule has 4 N–H and O–H groups in total. The molecule has 2 saturated heterocycles. The molecule has 0 radical (unpaired) electrons. The Kier molecular flexibility index (Phi) is 15.3. The molecule has 48 heavy (non-hydrogen) atoms. The predicted molar refractivity (Wildman–Crippen MR) is 201 cm³/mol. The van der Waals surface area contributed by atoms with Crippen LogP contribution in [-0.2, 0) is 22.8 Å². The molecular weight excluding hydrogens is 661 g/mol. The number of aliphatic hydroxyl groups is 3. The molecule has 2 bridgehead atoms. The SMILES string of the molecule is CC[Si](CC)(CC)O[C@H]1C[C@@](C)(O[Si](CC)(CC)CC)[C@H]2CC[C@@](O)(C(=O)O)[C@H](O2)[C@H](O)[C@@]1(O)[C@H](C)CO[Si](C(C)C)(C(C)C)C(C)C. The summed E-state index contributed by atoms with van der Waals surface area (Å²) < 4.78 is 28.2. The van der Waals surface area contributed by atoms with Gasteiger partial charge in [0, 0.05) is 18.9 Å². The third kappa shape index (κ3) is 7.93. The van der Waals surface area contributed by atoms with E-state index in [1.807, 2.05) is 13.8 Å². The summed E-state index contributed by atoms with van der Waals surface area (Å²) in [6.45, 7) is 30.2. The lowest BCUT2D eigenvalue weighted by molar-refractivity contribution is -0.303. The average molecular weight is 735 g/mol. The standard InChI is InChI=1S/C36H74O9Si3/c1-15-46(16-2,17-3)44-30-23-34(14,45-47(18-4,19-5)20-6)29-21-22-35(40,33(38)39)32(43-29)31(37)36(30,41)28(13)24-42-48(25(7)8,26(9)10)27(11)12/h25-32,37,40-41H,15-24H2,1-14H3,(H,38,39)/t28-,29-,30+,31+,32-,34-,35+,36-/m1/s1. The van der Waals surface area contributed by atoms with E-state index >= 15 is 0 Å². The summed E-state index contributed by atoms with van der Waals surface area (Å²) in [5, 5.41) is 47.9. The first-order valence-electron chi connectivity index (χ1n) is 19.2. The largest absolute Gasteiger partial charge is 0.479 e. The summed E-state index contributed by atoms with van der Waals surface area (Å²) in [4.78, 5) is 12.8. The van der Waals surface area contributed by atoms with Gasteiger partial charge in [0.15, 0.2) is 30.6 Å². The van der Waals surface area contributed by atoms with Crippen molar-refractivity contribution in [3.63, 3.8) is 0 Å². The van der Waals surface area contributed by atoms with Crippen LogP contribution < -0.4 is 0 Å². The number of aliphatic hydroxyl groups excluding tert-OH is 1. The maximum Gasteiger partial charge on any atom is 0.338 e. The van der Waals surface area contributed by atoms with Crippen LogP contribution in [0.25, 0.3) is 0 Å². The van der Waals surface area contributed by atoms with Gasteiger partial charge in [0.05, 0.1) is 17.8 Å². The highest BCUT2D eigenvalue weighted by atomic mass is 28.4. The second-order valence-electron chi connectivity index (χ2n) is 16.4. The van der Waals surface area contributed by atoms with Crippen molar-refractivity contribution in [1.82, 2.24) is 0 Å². The number of fused-ring (bicyclic) bond motifs is 2. The fraction of sp³-hybridized carbons (Fsp3) is 0.972. The Morgan fingerprint density at radius 2 is 1.29 bits per heavy atom. The molecular formula is C36H74O9Si3. The summed E-state index contributed by atoms with van der Waals surface area (Å²) >= 11 is 0. The van der Waals surface area contributed by atoms with Crippen LogP contribution >= 0.6 is 0 Å². The molecule has 2 aliphatic heterocycles. The lowest BCUT2D eigenvalue weighted by atomic mass is 9.67. The quantitative estimate of drug-likeness (QED) is 0.104. The van der Waals surface area contributed by atoms with Gasteiger partial charge in [-0.1, -0.05) is 90.0 Å². The van der Waals surface area contributed by atoms with E-state index < -0.39 is 78.1 Å². The number of hydrogen-bond donors (Lipinski definition) is 4. The number of ether oxygens (including phenoxy) is 1. The molecule has 0 aromatic heterocycles. The van der Waals surface area contributed by atoms with Gasteiger partial charge in [-0.25, -0.2) is 4.79 Å². The Morgan fingerprint density at radius 1 is 0.833 bits per heavy atom. The zero-order valence-corrected chi connectivity index (χ0v) is 36.0. The molecule has 9 nitrogen and oxygen atoms in total. The van der Waals surface area contributed by atoms with E-state index in [0.717, 1.165) is 36.3 Å². The number of carboxylic acids is 1. The maximum absolute atomic E-state index is 13.3. The van der Waals surface area contributed by atoms with Crippen LogP contribution in [0.1, 0.15) is 116 Å². The molecule has 0 spiro atoms. The molecule has 2 rings (SSSR count). The molecule has 12 heteroatoms. The molecule has 0 aromatic carbocycles. The van der Waals surface area contributed by atoms with Gasteiger partial charge in [0.1, 0.15) is 17.8 Å². The second-order valence-corrected chi connectivity index (χ2v) is 31.3. The van der Waals surface area contributed by atoms with Gasteiger partial charge >= 0.3 is 5.97 Å². The third-order valence-electron chi connectivity index (χ3n) is 13.3. The van der Waals surface area contributed by atoms with Crippen LogP contribution in [-0.4, -0.2) is 99.2 Å². The first kappa shape index (κ1) is 44.0. The lowest BCUT2D eigenvalue weighted by Crippen LogP contribution is -2.75. The topological polar surface area (TPSA) is 135 Å². The van der Waals surface area contributed by atoms with Gasteiger partial charge in [0.25, 0.3) is 0 Å². The fourth-order valence-corrected chi connectivity index (χ4v) is 21.0. The van der Waals surface area contributed by atoms with Crippen LogP contribution in [0.4, 0.5) is 0 Å². The molecule has 0 unspecified atom stereocenters. The number of aliphatic carboxylic acids is 1. The van der Waals surface area contributed by atoms with E-state index in [9.17, 15) is 25.2 Å². The zero-order chi connectivity index (χ0) is 37.1. The van der Waals surface area contributed by atoms with Crippen molar-refractivity contribution in [3.05, 3.63) is 0 Å². The molecule has 0 saturated carbocycles. The van der Waals surface area contributed by atoms with Gasteiger partial charge in [-0.15, -0.1) is 0 Å². The highest BCUT2D eigenvalue weighted by molar-refractivity contribution is 6.77. The molecule has 8 atom stereocenters. The van der Waals surface area contributed by atoms with Gasteiger partial charge in [-0.2, -0.15) is 0 Å². The monoisotopic (exact) mass is 734 g/mol. The number of carboxylic acid groups (broad SMARTS) is 1. The van der Waals surface area contributed by atoms with Crippen molar-refractivity contribution < 1.29 is 43.2 Å². The molecule has 2 heterocycles. The summed E-state index contributed by atoms with van der Waals surface area (Å²) in [7, 11) is -7.09. The minimum Gasteiger partial charge on any atom is -0.479 e. The fourth-order valence-electron chi connectivity index (χ4n) is 9.48.